The Morgan fingerprint density at radius 2 is 1.96 bits per heavy atom. The second-order valence-electron chi connectivity index (χ2n) is 6.04. The largest absolute Gasteiger partial charge is 0.324 e. The molecule has 26 heavy (non-hydrogen) atoms. The zero-order chi connectivity index (χ0) is 18.1. The molecule has 130 valence electrons. The molecule has 0 fully saturated rings. The summed E-state index contributed by atoms with van der Waals surface area (Å²) in [5, 5.41) is 5.50. The number of thiophene rings is 1. The minimum atomic E-state index is -0.254. The van der Waals surface area contributed by atoms with Gasteiger partial charge in [0.15, 0.2) is 0 Å². The molecule has 0 aliphatic carbocycles. The van der Waals surface area contributed by atoms with Crippen LogP contribution in [0.25, 0.3) is 21.0 Å². The lowest BCUT2D eigenvalue weighted by atomic mass is 10.1. The number of nitrogens with one attached hydrogen (secondary N) is 1. The molecule has 0 radical (unpaired) electrons. The summed E-state index contributed by atoms with van der Waals surface area (Å²) in [5.41, 5.74) is 0.554. The van der Waals surface area contributed by atoms with Gasteiger partial charge in [0.25, 0.3) is 5.56 Å². The van der Waals surface area contributed by atoms with Crippen molar-refractivity contribution in [1.29, 1.82) is 0 Å². The molecule has 0 unspecified atom stereocenters. The number of nitrogens with zero attached hydrogens (tertiary/aromatic N) is 2. The van der Waals surface area contributed by atoms with Crippen molar-refractivity contribution < 1.29 is 4.79 Å². The van der Waals surface area contributed by atoms with Crippen LogP contribution < -0.4 is 10.9 Å². The smallest absolute Gasteiger partial charge is 0.262 e. The quantitative estimate of drug-likeness (QED) is 0.600. The van der Waals surface area contributed by atoms with Crippen molar-refractivity contribution in [2.24, 2.45) is 0 Å². The zero-order valence-electron chi connectivity index (χ0n) is 14.2. The molecule has 0 aliphatic heterocycles. The van der Waals surface area contributed by atoms with E-state index in [1.165, 1.54) is 22.2 Å². The highest BCUT2D eigenvalue weighted by Gasteiger charge is 2.12. The standard InChI is InChI=1S/C20H17N3O2S/c1-2-14-10-16-19(26-14)21-12-23(20(16)25)11-18(24)22-17-9-5-7-13-6-3-4-8-15(13)17/h3-10,12H,2,11H2,1H3,(H,22,24). The van der Waals surface area contributed by atoms with E-state index in [2.05, 4.69) is 10.3 Å². The molecule has 6 heteroatoms. The summed E-state index contributed by atoms with van der Waals surface area (Å²) >= 11 is 1.52. The number of aryl methyl sites for hydroxylation is 1. The number of amides is 1. The van der Waals surface area contributed by atoms with Crippen molar-refractivity contribution >= 4 is 43.9 Å². The number of rotatable bonds is 4. The van der Waals surface area contributed by atoms with Gasteiger partial charge in [-0.3, -0.25) is 14.2 Å². The van der Waals surface area contributed by atoms with Crippen molar-refractivity contribution in [3.8, 4) is 0 Å². The van der Waals surface area contributed by atoms with Crippen LogP contribution >= 0.6 is 11.3 Å². The fourth-order valence-corrected chi connectivity index (χ4v) is 3.90. The molecule has 1 N–H and O–H groups in total. The van der Waals surface area contributed by atoms with E-state index in [-0.39, 0.29) is 18.0 Å². The molecule has 4 aromatic rings. The van der Waals surface area contributed by atoms with Crippen LogP contribution in [0.1, 0.15) is 11.8 Å². The Bertz CT molecular complexity index is 1170. The first-order valence-corrected chi connectivity index (χ1v) is 9.23. The lowest BCUT2D eigenvalue weighted by Crippen LogP contribution is -2.27. The highest BCUT2D eigenvalue weighted by molar-refractivity contribution is 7.18. The van der Waals surface area contributed by atoms with Crippen molar-refractivity contribution in [3.05, 3.63) is 70.1 Å². The number of anilines is 1. The van der Waals surface area contributed by atoms with Gasteiger partial charge < -0.3 is 5.32 Å². The van der Waals surface area contributed by atoms with Crippen LogP contribution in [0, 0.1) is 0 Å². The molecule has 2 heterocycles. The van der Waals surface area contributed by atoms with Crippen LogP contribution in [0.15, 0.2) is 59.7 Å². The number of carbonyl (C=O) groups excluding carboxylic acids is 1. The summed E-state index contributed by atoms with van der Waals surface area (Å²) in [6.45, 7) is 1.98. The maximum atomic E-state index is 12.6. The fraction of sp³-hybridized carbons (Fsp3) is 0.150. The number of benzene rings is 2. The van der Waals surface area contributed by atoms with Gasteiger partial charge in [-0.25, -0.2) is 4.98 Å². The maximum Gasteiger partial charge on any atom is 0.262 e. The summed E-state index contributed by atoms with van der Waals surface area (Å²) in [6.07, 6.45) is 2.31. The van der Waals surface area contributed by atoms with Gasteiger partial charge in [-0.15, -0.1) is 11.3 Å². The molecular weight excluding hydrogens is 346 g/mol. The first-order valence-electron chi connectivity index (χ1n) is 8.41. The SMILES string of the molecule is CCc1cc2c(=O)n(CC(=O)Nc3cccc4ccccc34)cnc2s1. The zero-order valence-corrected chi connectivity index (χ0v) is 15.0. The summed E-state index contributed by atoms with van der Waals surface area (Å²) in [5.74, 6) is -0.254. The van der Waals surface area contributed by atoms with E-state index < -0.39 is 0 Å². The van der Waals surface area contributed by atoms with Gasteiger partial charge >= 0.3 is 0 Å². The van der Waals surface area contributed by atoms with Crippen LogP contribution in [0.4, 0.5) is 5.69 Å². The van der Waals surface area contributed by atoms with Crippen LogP contribution in [-0.4, -0.2) is 15.5 Å². The normalized spacial score (nSPS) is 11.1. The Balaban J connectivity index is 1.61. The molecule has 0 saturated carbocycles. The minimum Gasteiger partial charge on any atom is -0.324 e. The summed E-state index contributed by atoms with van der Waals surface area (Å²) in [7, 11) is 0. The van der Waals surface area contributed by atoms with Crippen LogP contribution in [-0.2, 0) is 17.8 Å². The van der Waals surface area contributed by atoms with Gasteiger partial charge in [0.2, 0.25) is 5.91 Å². The predicted molar refractivity (Wildman–Crippen MR) is 106 cm³/mol. The summed E-state index contributed by atoms with van der Waals surface area (Å²) in [6, 6.07) is 15.5. The monoisotopic (exact) mass is 363 g/mol. The van der Waals surface area contributed by atoms with Crippen LogP contribution in [0.3, 0.4) is 0 Å². The third-order valence-electron chi connectivity index (χ3n) is 4.30. The maximum absolute atomic E-state index is 12.6. The van der Waals surface area contributed by atoms with E-state index in [0.29, 0.717) is 5.39 Å². The molecule has 0 atom stereocenters. The van der Waals surface area contributed by atoms with Crippen molar-refractivity contribution in [2.45, 2.75) is 19.9 Å². The Hall–Kier alpha value is -2.99. The van der Waals surface area contributed by atoms with E-state index in [0.717, 1.165) is 32.6 Å². The van der Waals surface area contributed by atoms with Gasteiger partial charge in [0, 0.05) is 16.0 Å². The van der Waals surface area contributed by atoms with Crippen molar-refractivity contribution in [1.82, 2.24) is 9.55 Å². The Morgan fingerprint density at radius 3 is 2.81 bits per heavy atom. The molecule has 2 aromatic carbocycles. The molecule has 1 amide bonds. The third-order valence-corrected chi connectivity index (χ3v) is 5.48. The van der Waals surface area contributed by atoms with E-state index in [9.17, 15) is 9.59 Å². The van der Waals surface area contributed by atoms with Gasteiger partial charge in [0.1, 0.15) is 11.4 Å². The topological polar surface area (TPSA) is 64.0 Å². The molecule has 2 aromatic heterocycles. The van der Waals surface area contributed by atoms with Gasteiger partial charge in [-0.2, -0.15) is 0 Å². The highest BCUT2D eigenvalue weighted by atomic mass is 32.1. The van der Waals surface area contributed by atoms with Gasteiger partial charge in [-0.05, 0) is 23.9 Å². The first-order chi connectivity index (χ1) is 12.7. The first kappa shape index (κ1) is 16.5. The second-order valence-corrected chi connectivity index (χ2v) is 7.15. The average molecular weight is 363 g/mol. The van der Waals surface area contributed by atoms with E-state index in [4.69, 9.17) is 0 Å². The van der Waals surface area contributed by atoms with Crippen molar-refractivity contribution in [3.63, 3.8) is 0 Å². The molecule has 0 spiro atoms. The Kier molecular flexibility index (Phi) is 4.26. The van der Waals surface area contributed by atoms with Crippen LogP contribution in [0.5, 0.6) is 0 Å². The number of aromatic nitrogens is 2. The fourth-order valence-electron chi connectivity index (χ4n) is 2.98. The molecule has 0 aliphatic rings. The second kappa shape index (κ2) is 6.72. The molecule has 0 bridgehead atoms. The van der Waals surface area contributed by atoms with Gasteiger partial charge in [0.05, 0.1) is 11.7 Å². The van der Waals surface area contributed by atoms with Crippen molar-refractivity contribution in [2.75, 3.05) is 5.32 Å². The molecule has 5 nitrogen and oxygen atoms in total. The lowest BCUT2D eigenvalue weighted by molar-refractivity contribution is -0.116. The number of hydrogen-bond donors (Lipinski definition) is 1. The lowest BCUT2D eigenvalue weighted by Gasteiger charge is -2.09. The molecular formula is C20H17N3O2S. The Labute approximate surface area is 153 Å². The van der Waals surface area contributed by atoms with E-state index >= 15 is 0 Å². The molecule has 0 saturated heterocycles. The summed E-state index contributed by atoms with van der Waals surface area (Å²) < 4.78 is 1.36. The van der Waals surface area contributed by atoms with E-state index in [1.807, 2.05) is 55.5 Å². The molecule has 4 rings (SSSR count). The van der Waals surface area contributed by atoms with Gasteiger partial charge in [-0.1, -0.05) is 43.3 Å². The van der Waals surface area contributed by atoms with E-state index in [1.54, 1.807) is 0 Å². The number of fused-ring (bicyclic) bond motifs is 2. The van der Waals surface area contributed by atoms with Crippen LogP contribution in [0.2, 0.25) is 0 Å². The Morgan fingerprint density at radius 1 is 1.15 bits per heavy atom. The minimum absolute atomic E-state index is 0.0672. The highest BCUT2D eigenvalue weighted by Crippen LogP contribution is 2.23. The third kappa shape index (κ3) is 2.99. The average Bonchev–Trinajstić information content (AvgIpc) is 3.09. The number of carbonyl (C=O) groups is 1. The predicted octanol–water partition coefficient (Wildman–Crippen LogP) is 3.81. The summed E-state index contributed by atoms with van der Waals surface area (Å²) in [4.78, 5) is 31.2. The number of hydrogen-bond acceptors (Lipinski definition) is 4.